The summed E-state index contributed by atoms with van der Waals surface area (Å²) in [5, 5.41) is 12.6. The van der Waals surface area contributed by atoms with Crippen LogP contribution in [0.4, 0.5) is 5.88 Å². The second kappa shape index (κ2) is 10.2. The van der Waals surface area contributed by atoms with E-state index in [1.54, 1.807) is 30.3 Å². The summed E-state index contributed by atoms with van der Waals surface area (Å²) in [6, 6.07) is 27.7. The van der Waals surface area contributed by atoms with Crippen LogP contribution in [0.2, 0.25) is 0 Å². The number of hydrogen-bond acceptors (Lipinski definition) is 5. The van der Waals surface area contributed by atoms with E-state index in [0.29, 0.717) is 16.9 Å². The van der Waals surface area contributed by atoms with E-state index < -0.39 is 11.9 Å². The molecule has 4 rings (SSSR count). The van der Waals surface area contributed by atoms with Gasteiger partial charge in [-0.05, 0) is 29.3 Å². The maximum atomic E-state index is 12.6. The summed E-state index contributed by atoms with van der Waals surface area (Å²) >= 11 is 0. The Hall–Kier alpha value is -4.89. The molecule has 0 aliphatic rings. The molecule has 1 amide bonds. The maximum absolute atomic E-state index is 12.6. The third-order valence-electron chi connectivity index (χ3n) is 5.11. The molecule has 0 radical (unpaired) electrons. The highest BCUT2D eigenvalue weighted by atomic mass is 16.5. The van der Waals surface area contributed by atoms with E-state index in [4.69, 9.17) is 4.42 Å². The molecule has 0 aliphatic heterocycles. The van der Waals surface area contributed by atoms with Crippen molar-refractivity contribution in [3.8, 4) is 28.5 Å². The van der Waals surface area contributed by atoms with Crippen molar-refractivity contribution in [2.75, 3.05) is 12.4 Å². The number of benzene rings is 3. The topological polar surface area (TPSA) is 92.3 Å². The highest BCUT2D eigenvalue weighted by Crippen LogP contribution is 2.41. The summed E-state index contributed by atoms with van der Waals surface area (Å²) in [6.07, 6.45) is 2.93. The summed E-state index contributed by atoms with van der Waals surface area (Å²) < 4.78 is 10.7. The molecule has 6 heteroatoms. The number of hydrogen-bond donors (Lipinski definition) is 1. The van der Waals surface area contributed by atoms with Crippen molar-refractivity contribution < 1.29 is 18.7 Å². The minimum Gasteiger partial charge on any atom is -0.465 e. The molecular weight excluding hydrogens is 428 g/mol. The van der Waals surface area contributed by atoms with Crippen LogP contribution in [0.25, 0.3) is 28.5 Å². The fraction of sp³-hybridized carbons (Fsp3) is 0.0357. The molecule has 1 aromatic heterocycles. The van der Waals surface area contributed by atoms with Gasteiger partial charge in [0.2, 0.25) is 5.88 Å². The predicted octanol–water partition coefficient (Wildman–Crippen LogP) is 5.92. The number of amides is 1. The maximum Gasteiger partial charge on any atom is 0.337 e. The Morgan fingerprint density at radius 2 is 1.53 bits per heavy atom. The molecule has 1 heterocycles. The van der Waals surface area contributed by atoms with Crippen LogP contribution < -0.4 is 5.32 Å². The Balaban J connectivity index is 1.64. The lowest BCUT2D eigenvalue weighted by Gasteiger charge is -2.03. The molecule has 1 N–H and O–H groups in total. The van der Waals surface area contributed by atoms with E-state index in [1.807, 2.05) is 60.7 Å². The summed E-state index contributed by atoms with van der Waals surface area (Å²) in [4.78, 5) is 24.2. The lowest BCUT2D eigenvalue weighted by Crippen LogP contribution is -2.08. The van der Waals surface area contributed by atoms with Gasteiger partial charge in [-0.2, -0.15) is 5.26 Å². The number of methoxy groups -OCH3 is 1. The first-order valence-electron chi connectivity index (χ1n) is 10.5. The standard InChI is InChI=1S/C28H20N2O4/c1-33-28(32)22-15-12-19(13-16-22)14-17-24(31)30-27-23(18-29)25(20-8-4-2-5-9-20)26(34-27)21-10-6-3-7-11-21/h2-17H,1H3,(H,30,31)/b17-14+. The van der Waals surface area contributed by atoms with Crippen LogP contribution >= 0.6 is 0 Å². The Labute approximate surface area is 196 Å². The van der Waals surface area contributed by atoms with Crippen LogP contribution in [0, 0.1) is 11.3 Å². The normalized spacial score (nSPS) is 10.6. The van der Waals surface area contributed by atoms with Gasteiger partial charge in [0.05, 0.1) is 12.7 Å². The Morgan fingerprint density at radius 1 is 0.912 bits per heavy atom. The van der Waals surface area contributed by atoms with Crippen molar-refractivity contribution in [3.05, 3.63) is 108 Å². The molecule has 166 valence electrons. The zero-order valence-electron chi connectivity index (χ0n) is 18.3. The van der Waals surface area contributed by atoms with Gasteiger partial charge in [0.1, 0.15) is 17.4 Å². The third-order valence-corrected chi connectivity index (χ3v) is 5.11. The Kier molecular flexibility index (Phi) is 6.66. The summed E-state index contributed by atoms with van der Waals surface area (Å²) in [5.41, 5.74) is 3.60. The Morgan fingerprint density at radius 3 is 2.12 bits per heavy atom. The summed E-state index contributed by atoms with van der Waals surface area (Å²) in [6.45, 7) is 0. The number of ether oxygens (including phenoxy) is 1. The number of carbonyl (C=O) groups is 2. The lowest BCUT2D eigenvalue weighted by atomic mass is 9.98. The SMILES string of the molecule is COC(=O)c1ccc(/C=C/C(=O)Nc2oc(-c3ccccc3)c(-c3ccccc3)c2C#N)cc1. The average Bonchev–Trinajstić information content (AvgIpc) is 3.26. The van der Waals surface area contributed by atoms with Gasteiger partial charge in [-0.15, -0.1) is 0 Å². The third kappa shape index (κ3) is 4.79. The molecular formula is C28H20N2O4. The van der Waals surface area contributed by atoms with Gasteiger partial charge in [-0.25, -0.2) is 4.79 Å². The lowest BCUT2D eigenvalue weighted by molar-refractivity contribution is -0.111. The van der Waals surface area contributed by atoms with E-state index in [2.05, 4.69) is 16.1 Å². The number of nitrogens with zero attached hydrogens (tertiary/aromatic N) is 1. The minimum atomic E-state index is -0.457. The van der Waals surface area contributed by atoms with Gasteiger partial charge in [-0.1, -0.05) is 72.8 Å². The number of furan rings is 1. The molecule has 0 bridgehead atoms. The molecule has 0 fully saturated rings. The van der Waals surface area contributed by atoms with Crippen LogP contribution in [-0.4, -0.2) is 19.0 Å². The fourth-order valence-corrected chi connectivity index (χ4v) is 3.47. The van der Waals surface area contributed by atoms with Crippen molar-refractivity contribution in [1.82, 2.24) is 0 Å². The Bertz CT molecular complexity index is 1380. The molecule has 0 spiro atoms. The molecule has 0 saturated heterocycles. The van der Waals surface area contributed by atoms with E-state index in [9.17, 15) is 14.9 Å². The highest BCUT2D eigenvalue weighted by molar-refractivity contribution is 6.03. The molecule has 3 aromatic carbocycles. The van der Waals surface area contributed by atoms with Crippen LogP contribution in [0.15, 0.2) is 95.4 Å². The first-order valence-corrected chi connectivity index (χ1v) is 10.5. The first-order chi connectivity index (χ1) is 16.6. The number of rotatable bonds is 6. The molecule has 34 heavy (non-hydrogen) atoms. The monoisotopic (exact) mass is 448 g/mol. The molecule has 0 aliphatic carbocycles. The predicted molar refractivity (Wildman–Crippen MR) is 130 cm³/mol. The number of carbonyl (C=O) groups excluding carboxylic acids is 2. The fourth-order valence-electron chi connectivity index (χ4n) is 3.47. The van der Waals surface area contributed by atoms with Crippen molar-refractivity contribution in [1.29, 1.82) is 5.26 Å². The molecule has 0 atom stereocenters. The van der Waals surface area contributed by atoms with Gasteiger partial charge >= 0.3 is 5.97 Å². The molecule has 0 saturated carbocycles. The molecule has 6 nitrogen and oxygen atoms in total. The van der Waals surface area contributed by atoms with E-state index in [1.165, 1.54) is 13.2 Å². The quantitative estimate of drug-likeness (QED) is 0.292. The van der Waals surface area contributed by atoms with Crippen LogP contribution in [0.5, 0.6) is 0 Å². The number of nitrogens with one attached hydrogen (secondary N) is 1. The van der Waals surface area contributed by atoms with Crippen molar-refractivity contribution in [2.45, 2.75) is 0 Å². The first kappa shape index (κ1) is 22.3. The van der Waals surface area contributed by atoms with Crippen LogP contribution in [-0.2, 0) is 9.53 Å². The zero-order chi connectivity index (χ0) is 23.9. The minimum absolute atomic E-state index is 0.0795. The van der Waals surface area contributed by atoms with E-state index in [0.717, 1.165) is 16.7 Å². The molecule has 4 aromatic rings. The number of anilines is 1. The van der Waals surface area contributed by atoms with Gasteiger partial charge in [-0.3, -0.25) is 10.1 Å². The van der Waals surface area contributed by atoms with Gasteiger partial charge in [0, 0.05) is 17.2 Å². The van der Waals surface area contributed by atoms with E-state index >= 15 is 0 Å². The summed E-state index contributed by atoms with van der Waals surface area (Å²) in [7, 11) is 1.32. The van der Waals surface area contributed by atoms with Crippen molar-refractivity contribution >= 4 is 23.8 Å². The molecule has 0 unspecified atom stereocenters. The highest BCUT2D eigenvalue weighted by Gasteiger charge is 2.23. The summed E-state index contributed by atoms with van der Waals surface area (Å²) in [5.74, 6) is -0.308. The van der Waals surface area contributed by atoms with Crippen molar-refractivity contribution in [3.63, 3.8) is 0 Å². The van der Waals surface area contributed by atoms with E-state index in [-0.39, 0.29) is 11.4 Å². The van der Waals surface area contributed by atoms with Crippen molar-refractivity contribution in [2.24, 2.45) is 0 Å². The average molecular weight is 448 g/mol. The number of nitriles is 1. The largest absolute Gasteiger partial charge is 0.465 e. The smallest absolute Gasteiger partial charge is 0.337 e. The second-order valence-corrected chi connectivity index (χ2v) is 7.29. The number of esters is 1. The zero-order valence-corrected chi connectivity index (χ0v) is 18.3. The van der Waals surface area contributed by atoms with Gasteiger partial charge < -0.3 is 9.15 Å². The van der Waals surface area contributed by atoms with Gasteiger partial charge in [0.15, 0.2) is 0 Å². The van der Waals surface area contributed by atoms with Crippen LogP contribution in [0.3, 0.4) is 0 Å². The second-order valence-electron chi connectivity index (χ2n) is 7.29. The van der Waals surface area contributed by atoms with Gasteiger partial charge in [0.25, 0.3) is 5.91 Å². The van der Waals surface area contributed by atoms with Crippen LogP contribution in [0.1, 0.15) is 21.5 Å².